The van der Waals surface area contributed by atoms with Crippen LogP contribution in [0.2, 0.25) is 0 Å². The van der Waals surface area contributed by atoms with Crippen molar-refractivity contribution in [3.05, 3.63) is 46.5 Å². The molecule has 3 aromatic heterocycles. The summed E-state index contributed by atoms with van der Waals surface area (Å²) < 4.78 is 1.91. The molecule has 0 amide bonds. The number of aromatic nitrogens is 3. The highest BCUT2D eigenvalue weighted by Crippen LogP contribution is 2.19. The van der Waals surface area contributed by atoms with E-state index in [9.17, 15) is 4.79 Å². The third-order valence-electron chi connectivity index (χ3n) is 2.23. The van der Waals surface area contributed by atoms with Gasteiger partial charge in [-0.15, -0.1) is 11.3 Å². The second-order valence-electron chi connectivity index (χ2n) is 3.11. The molecule has 0 saturated carbocycles. The molecule has 0 radical (unpaired) electrons. The first-order valence-corrected chi connectivity index (χ1v) is 5.33. The Balaban J connectivity index is 2.39. The van der Waals surface area contributed by atoms with Crippen LogP contribution in [0.25, 0.3) is 16.0 Å². The number of aromatic amines is 1. The molecule has 0 atom stereocenters. The monoisotopic (exact) mass is 217 g/mol. The van der Waals surface area contributed by atoms with Gasteiger partial charge in [-0.2, -0.15) is 0 Å². The first-order chi connectivity index (χ1) is 7.36. The highest BCUT2D eigenvalue weighted by atomic mass is 32.1. The molecule has 0 unspecified atom stereocenters. The first-order valence-electron chi connectivity index (χ1n) is 4.45. The minimum Gasteiger partial charge on any atom is -0.313 e. The molecule has 0 aliphatic heterocycles. The van der Waals surface area contributed by atoms with Crippen molar-refractivity contribution in [3.8, 4) is 5.00 Å². The van der Waals surface area contributed by atoms with Crippen molar-refractivity contribution in [1.29, 1.82) is 0 Å². The van der Waals surface area contributed by atoms with Crippen molar-refractivity contribution in [2.24, 2.45) is 0 Å². The molecule has 74 valence electrons. The number of hydrogen-bond acceptors (Lipinski definition) is 3. The Morgan fingerprint density at radius 3 is 3.13 bits per heavy atom. The molecule has 4 nitrogen and oxygen atoms in total. The lowest BCUT2D eigenvalue weighted by Crippen LogP contribution is -2.05. The van der Waals surface area contributed by atoms with E-state index in [4.69, 9.17) is 0 Å². The summed E-state index contributed by atoms with van der Waals surface area (Å²) in [6.45, 7) is 0. The van der Waals surface area contributed by atoms with E-state index >= 15 is 0 Å². The largest absolute Gasteiger partial charge is 0.313 e. The number of nitrogens with zero attached hydrogens (tertiary/aromatic N) is 2. The minimum absolute atomic E-state index is 0.102. The Labute approximate surface area is 88.8 Å². The van der Waals surface area contributed by atoms with Crippen LogP contribution in [0.15, 0.2) is 40.9 Å². The molecular formula is C10H7N3OS. The quantitative estimate of drug-likeness (QED) is 0.675. The van der Waals surface area contributed by atoms with E-state index in [0.29, 0.717) is 11.0 Å². The number of nitrogens with one attached hydrogen (secondary N) is 1. The van der Waals surface area contributed by atoms with Crippen molar-refractivity contribution in [3.63, 3.8) is 0 Å². The Bertz CT molecular complexity index is 651. The zero-order valence-electron chi connectivity index (χ0n) is 7.68. The Kier molecular flexibility index (Phi) is 1.72. The molecule has 0 aromatic carbocycles. The summed E-state index contributed by atoms with van der Waals surface area (Å²) in [6.07, 6.45) is 3.29. The normalized spacial score (nSPS) is 10.9. The molecule has 0 fully saturated rings. The second kappa shape index (κ2) is 3.06. The fraction of sp³-hybridized carbons (Fsp3) is 0. The van der Waals surface area contributed by atoms with Gasteiger partial charge in [0.05, 0.1) is 11.7 Å². The van der Waals surface area contributed by atoms with Crippen LogP contribution in [0.3, 0.4) is 0 Å². The molecule has 0 aliphatic rings. The number of H-pyrrole nitrogens is 1. The van der Waals surface area contributed by atoms with Crippen LogP contribution < -0.4 is 5.56 Å². The lowest BCUT2D eigenvalue weighted by atomic mass is 10.4. The zero-order valence-corrected chi connectivity index (χ0v) is 8.49. The van der Waals surface area contributed by atoms with Crippen molar-refractivity contribution in [2.75, 3.05) is 0 Å². The van der Waals surface area contributed by atoms with Crippen molar-refractivity contribution in [1.82, 2.24) is 14.5 Å². The first kappa shape index (κ1) is 8.43. The second-order valence-corrected chi connectivity index (χ2v) is 4.03. The molecule has 15 heavy (non-hydrogen) atoms. The van der Waals surface area contributed by atoms with E-state index in [2.05, 4.69) is 9.97 Å². The summed E-state index contributed by atoms with van der Waals surface area (Å²) in [6, 6.07) is 5.74. The van der Waals surface area contributed by atoms with Crippen LogP contribution in [0.5, 0.6) is 0 Å². The summed E-state index contributed by atoms with van der Waals surface area (Å²) in [5.41, 5.74) is 0.594. The van der Waals surface area contributed by atoms with Crippen molar-refractivity contribution in [2.45, 2.75) is 0 Å². The van der Waals surface area contributed by atoms with Gasteiger partial charge in [0.15, 0.2) is 5.65 Å². The highest BCUT2D eigenvalue weighted by Gasteiger charge is 2.06. The van der Waals surface area contributed by atoms with E-state index in [1.165, 1.54) is 6.33 Å². The van der Waals surface area contributed by atoms with Gasteiger partial charge in [-0.25, -0.2) is 4.98 Å². The number of rotatable bonds is 1. The topological polar surface area (TPSA) is 50.7 Å². The predicted octanol–water partition coefficient (Wildman–Crippen LogP) is 1.78. The summed E-state index contributed by atoms with van der Waals surface area (Å²) in [5, 5.41) is 3.67. The number of hydrogen-bond donors (Lipinski definition) is 1. The van der Waals surface area contributed by atoms with Crippen LogP contribution in [-0.4, -0.2) is 14.5 Å². The SMILES string of the molecule is O=c1[nH]cnc2c1ccn2-c1cccs1. The standard InChI is InChI=1S/C10H7N3OS/c14-10-7-3-4-13(8-2-1-5-15-8)9(7)11-6-12-10/h1-6H,(H,11,12,14). The van der Waals surface area contributed by atoms with Gasteiger partial charge in [-0.3, -0.25) is 9.36 Å². The van der Waals surface area contributed by atoms with Gasteiger partial charge in [0.2, 0.25) is 0 Å². The van der Waals surface area contributed by atoms with Gasteiger partial charge >= 0.3 is 0 Å². The summed E-state index contributed by atoms with van der Waals surface area (Å²) in [5.74, 6) is 0. The van der Waals surface area contributed by atoms with Crippen molar-refractivity contribution < 1.29 is 0 Å². The predicted molar refractivity (Wildman–Crippen MR) is 59.6 cm³/mol. The lowest BCUT2D eigenvalue weighted by Gasteiger charge is -1.98. The third kappa shape index (κ3) is 1.20. The third-order valence-corrected chi connectivity index (χ3v) is 3.10. The summed E-state index contributed by atoms with van der Waals surface area (Å²) in [4.78, 5) is 18.2. The van der Waals surface area contributed by atoms with Gasteiger partial charge in [0.1, 0.15) is 5.00 Å². The van der Waals surface area contributed by atoms with E-state index in [1.54, 1.807) is 17.4 Å². The molecule has 0 saturated heterocycles. The maximum absolute atomic E-state index is 11.5. The average molecular weight is 217 g/mol. The number of fused-ring (bicyclic) bond motifs is 1. The van der Waals surface area contributed by atoms with Gasteiger partial charge in [-0.05, 0) is 23.6 Å². The van der Waals surface area contributed by atoms with E-state index in [-0.39, 0.29) is 5.56 Å². The zero-order chi connectivity index (χ0) is 10.3. The fourth-order valence-corrected chi connectivity index (χ4v) is 2.26. The van der Waals surface area contributed by atoms with Gasteiger partial charge in [-0.1, -0.05) is 0 Å². The number of thiophene rings is 1. The van der Waals surface area contributed by atoms with E-state index < -0.39 is 0 Å². The van der Waals surface area contributed by atoms with Gasteiger partial charge in [0, 0.05) is 6.20 Å². The summed E-state index contributed by atoms with van der Waals surface area (Å²) in [7, 11) is 0. The van der Waals surface area contributed by atoms with Gasteiger partial charge in [0.25, 0.3) is 5.56 Å². The smallest absolute Gasteiger partial charge is 0.260 e. The summed E-state index contributed by atoms with van der Waals surface area (Å²) >= 11 is 1.61. The molecule has 3 heterocycles. The van der Waals surface area contributed by atoms with Crippen LogP contribution >= 0.6 is 11.3 Å². The van der Waals surface area contributed by atoms with Crippen LogP contribution in [-0.2, 0) is 0 Å². The lowest BCUT2D eigenvalue weighted by molar-refractivity contribution is 1.09. The molecule has 0 aliphatic carbocycles. The van der Waals surface area contributed by atoms with E-state index in [1.807, 2.05) is 28.3 Å². The molecule has 0 bridgehead atoms. The molecule has 5 heteroatoms. The van der Waals surface area contributed by atoms with Crippen LogP contribution in [0, 0.1) is 0 Å². The maximum atomic E-state index is 11.5. The fourth-order valence-electron chi connectivity index (χ4n) is 1.55. The van der Waals surface area contributed by atoms with Gasteiger partial charge < -0.3 is 4.98 Å². The highest BCUT2D eigenvalue weighted by molar-refractivity contribution is 7.12. The maximum Gasteiger partial charge on any atom is 0.260 e. The molecule has 3 rings (SSSR count). The Morgan fingerprint density at radius 2 is 2.33 bits per heavy atom. The Morgan fingerprint density at radius 1 is 1.40 bits per heavy atom. The molecular weight excluding hydrogens is 210 g/mol. The van der Waals surface area contributed by atoms with E-state index in [0.717, 1.165) is 5.00 Å². The van der Waals surface area contributed by atoms with Crippen molar-refractivity contribution >= 4 is 22.4 Å². The molecule has 3 aromatic rings. The average Bonchev–Trinajstić information content (AvgIpc) is 2.85. The minimum atomic E-state index is -0.102. The molecule has 1 N–H and O–H groups in total. The van der Waals surface area contributed by atoms with Crippen LogP contribution in [0.4, 0.5) is 0 Å². The Hall–Kier alpha value is -1.88. The van der Waals surface area contributed by atoms with Crippen LogP contribution in [0.1, 0.15) is 0 Å². The molecule has 0 spiro atoms.